The van der Waals surface area contributed by atoms with Gasteiger partial charge in [0.25, 0.3) is 0 Å². The third kappa shape index (κ3) is 2.29. The van der Waals surface area contributed by atoms with Gasteiger partial charge < -0.3 is 10.5 Å². The molecule has 0 radical (unpaired) electrons. The van der Waals surface area contributed by atoms with Crippen LogP contribution in [0.1, 0.15) is 32.6 Å². The first-order valence-corrected chi connectivity index (χ1v) is 4.66. The Balaban J connectivity index is 2.31. The number of rotatable bonds is 4. The monoisotopic (exact) mass is 171 g/mol. The number of carbonyl (C=O) groups is 1. The highest BCUT2D eigenvalue weighted by atomic mass is 16.5. The van der Waals surface area contributed by atoms with Crippen molar-refractivity contribution in [2.45, 2.75) is 44.8 Å². The van der Waals surface area contributed by atoms with Crippen LogP contribution in [0.5, 0.6) is 0 Å². The SMILES string of the molecule is CCCC(=O)C1CCC(CN)O1. The van der Waals surface area contributed by atoms with Crippen molar-refractivity contribution in [1.29, 1.82) is 0 Å². The third-order valence-corrected chi connectivity index (χ3v) is 2.23. The van der Waals surface area contributed by atoms with Gasteiger partial charge in [0.05, 0.1) is 6.10 Å². The molecule has 0 spiro atoms. The quantitative estimate of drug-likeness (QED) is 0.682. The Morgan fingerprint density at radius 3 is 2.83 bits per heavy atom. The molecule has 1 rings (SSSR count). The Labute approximate surface area is 73.3 Å². The molecule has 0 amide bonds. The zero-order valence-electron chi connectivity index (χ0n) is 7.58. The van der Waals surface area contributed by atoms with E-state index >= 15 is 0 Å². The van der Waals surface area contributed by atoms with Gasteiger partial charge in [-0.15, -0.1) is 0 Å². The summed E-state index contributed by atoms with van der Waals surface area (Å²) in [5.41, 5.74) is 5.43. The first-order chi connectivity index (χ1) is 5.77. The Morgan fingerprint density at radius 2 is 2.33 bits per heavy atom. The minimum atomic E-state index is -0.154. The molecule has 2 N–H and O–H groups in total. The van der Waals surface area contributed by atoms with Crippen LogP contribution in [0.3, 0.4) is 0 Å². The summed E-state index contributed by atoms with van der Waals surface area (Å²) in [5, 5.41) is 0. The topological polar surface area (TPSA) is 52.3 Å². The van der Waals surface area contributed by atoms with Crippen molar-refractivity contribution in [3.8, 4) is 0 Å². The molecule has 1 fully saturated rings. The van der Waals surface area contributed by atoms with Gasteiger partial charge in [0.1, 0.15) is 6.10 Å². The predicted molar refractivity (Wildman–Crippen MR) is 46.9 cm³/mol. The Kier molecular flexibility index (Phi) is 3.69. The van der Waals surface area contributed by atoms with E-state index in [0.29, 0.717) is 13.0 Å². The van der Waals surface area contributed by atoms with E-state index in [1.54, 1.807) is 0 Å². The molecule has 1 saturated heterocycles. The zero-order chi connectivity index (χ0) is 8.97. The Hall–Kier alpha value is -0.410. The number of nitrogens with two attached hydrogens (primary N) is 1. The van der Waals surface area contributed by atoms with Crippen molar-refractivity contribution in [2.24, 2.45) is 5.73 Å². The van der Waals surface area contributed by atoms with Crippen molar-refractivity contribution in [2.75, 3.05) is 6.54 Å². The second-order valence-corrected chi connectivity index (χ2v) is 3.28. The second kappa shape index (κ2) is 4.58. The molecule has 2 unspecified atom stereocenters. The number of ether oxygens (including phenoxy) is 1. The summed E-state index contributed by atoms with van der Waals surface area (Å²) in [7, 11) is 0. The van der Waals surface area contributed by atoms with Crippen LogP contribution >= 0.6 is 0 Å². The predicted octanol–water partition coefficient (Wildman–Crippen LogP) is 0.862. The van der Waals surface area contributed by atoms with Gasteiger partial charge in [-0.3, -0.25) is 4.79 Å². The minimum absolute atomic E-state index is 0.121. The van der Waals surface area contributed by atoms with Crippen LogP contribution < -0.4 is 5.73 Å². The summed E-state index contributed by atoms with van der Waals surface area (Å²) in [6, 6.07) is 0. The van der Waals surface area contributed by atoms with Crippen molar-refractivity contribution in [3.05, 3.63) is 0 Å². The van der Waals surface area contributed by atoms with Crippen molar-refractivity contribution in [1.82, 2.24) is 0 Å². The molecule has 12 heavy (non-hydrogen) atoms. The number of Topliss-reactive ketones (excluding diaryl/α,β-unsaturated/α-hetero) is 1. The van der Waals surface area contributed by atoms with Crippen molar-refractivity contribution >= 4 is 5.78 Å². The maximum Gasteiger partial charge on any atom is 0.161 e. The molecular weight excluding hydrogens is 154 g/mol. The molecule has 3 heteroatoms. The molecule has 1 aliphatic rings. The van der Waals surface area contributed by atoms with Crippen LogP contribution in [0.25, 0.3) is 0 Å². The van der Waals surface area contributed by atoms with E-state index in [9.17, 15) is 4.79 Å². The lowest BCUT2D eigenvalue weighted by Gasteiger charge is -2.10. The minimum Gasteiger partial charge on any atom is -0.366 e. The van der Waals surface area contributed by atoms with E-state index in [-0.39, 0.29) is 18.0 Å². The second-order valence-electron chi connectivity index (χ2n) is 3.28. The first-order valence-electron chi connectivity index (χ1n) is 4.66. The van der Waals surface area contributed by atoms with Crippen LogP contribution in [0, 0.1) is 0 Å². The summed E-state index contributed by atoms with van der Waals surface area (Å²) in [6.07, 6.45) is 3.32. The summed E-state index contributed by atoms with van der Waals surface area (Å²) in [6.45, 7) is 2.54. The Bertz CT molecular complexity index is 159. The highest BCUT2D eigenvalue weighted by Crippen LogP contribution is 2.20. The number of hydrogen-bond acceptors (Lipinski definition) is 3. The smallest absolute Gasteiger partial charge is 0.161 e. The van der Waals surface area contributed by atoms with E-state index in [0.717, 1.165) is 19.3 Å². The number of ketones is 1. The Morgan fingerprint density at radius 1 is 1.58 bits per heavy atom. The zero-order valence-corrected chi connectivity index (χ0v) is 7.58. The molecule has 1 aliphatic heterocycles. The van der Waals surface area contributed by atoms with Gasteiger partial charge in [0.2, 0.25) is 0 Å². The highest BCUT2D eigenvalue weighted by molar-refractivity contribution is 5.83. The summed E-state index contributed by atoms with van der Waals surface area (Å²) >= 11 is 0. The first kappa shape index (κ1) is 9.68. The molecule has 0 aliphatic carbocycles. The van der Waals surface area contributed by atoms with Crippen LogP contribution in [0.15, 0.2) is 0 Å². The van der Waals surface area contributed by atoms with Crippen molar-refractivity contribution < 1.29 is 9.53 Å². The van der Waals surface area contributed by atoms with Gasteiger partial charge in [-0.2, -0.15) is 0 Å². The third-order valence-electron chi connectivity index (χ3n) is 2.23. The molecule has 2 atom stereocenters. The van der Waals surface area contributed by atoms with Crippen LogP contribution in [0.2, 0.25) is 0 Å². The van der Waals surface area contributed by atoms with Gasteiger partial charge >= 0.3 is 0 Å². The van der Waals surface area contributed by atoms with Crippen LogP contribution in [-0.2, 0) is 9.53 Å². The molecule has 0 aromatic rings. The molecule has 0 aromatic carbocycles. The van der Waals surface area contributed by atoms with E-state index < -0.39 is 0 Å². The average molecular weight is 171 g/mol. The molecule has 0 saturated carbocycles. The number of hydrogen-bond donors (Lipinski definition) is 1. The fourth-order valence-corrected chi connectivity index (χ4v) is 1.52. The fourth-order valence-electron chi connectivity index (χ4n) is 1.52. The summed E-state index contributed by atoms with van der Waals surface area (Å²) in [4.78, 5) is 11.3. The normalized spacial score (nSPS) is 29.2. The van der Waals surface area contributed by atoms with Gasteiger partial charge in [0, 0.05) is 13.0 Å². The van der Waals surface area contributed by atoms with E-state index in [1.165, 1.54) is 0 Å². The van der Waals surface area contributed by atoms with Gasteiger partial charge in [-0.1, -0.05) is 6.92 Å². The van der Waals surface area contributed by atoms with E-state index in [2.05, 4.69) is 0 Å². The van der Waals surface area contributed by atoms with Crippen LogP contribution in [0.4, 0.5) is 0 Å². The lowest BCUT2D eigenvalue weighted by Crippen LogP contribution is -2.24. The standard InChI is InChI=1S/C9H17NO2/c1-2-3-8(11)9-5-4-7(6-10)12-9/h7,9H,2-6,10H2,1H3. The number of carbonyl (C=O) groups excluding carboxylic acids is 1. The maximum absolute atomic E-state index is 11.3. The molecular formula is C9H17NO2. The van der Waals surface area contributed by atoms with E-state index in [4.69, 9.17) is 10.5 Å². The molecule has 0 bridgehead atoms. The van der Waals surface area contributed by atoms with Crippen molar-refractivity contribution in [3.63, 3.8) is 0 Å². The fraction of sp³-hybridized carbons (Fsp3) is 0.889. The van der Waals surface area contributed by atoms with E-state index in [1.807, 2.05) is 6.92 Å². The highest BCUT2D eigenvalue weighted by Gasteiger charge is 2.28. The van der Waals surface area contributed by atoms with Gasteiger partial charge in [-0.05, 0) is 19.3 Å². The van der Waals surface area contributed by atoms with Gasteiger partial charge in [0.15, 0.2) is 5.78 Å². The summed E-state index contributed by atoms with van der Waals surface area (Å²) in [5.74, 6) is 0.244. The molecule has 0 aromatic heterocycles. The largest absolute Gasteiger partial charge is 0.366 e. The molecule has 1 heterocycles. The van der Waals surface area contributed by atoms with Crippen LogP contribution in [-0.4, -0.2) is 24.5 Å². The maximum atomic E-state index is 11.3. The summed E-state index contributed by atoms with van der Waals surface area (Å²) < 4.78 is 5.45. The average Bonchev–Trinajstić information content (AvgIpc) is 2.52. The lowest BCUT2D eigenvalue weighted by molar-refractivity contribution is -0.129. The van der Waals surface area contributed by atoms with Gasteiger partial charge in [-0.25, -0.2) is 0 Å². The molecule has 3 nitrogen and oxygen atoms in total. The molecule has 70 valence electrons. The lowest BCUT2D eigenvalue weighted by atomic mass is 10.1.